The number of pyridine rings is 1. The zero-order chi connectivity index (χ0) is 21.8. The summed E-state index contributed by atoms with van der Waals surface area (Å²) in [5.74, 6) is -11.7. The molecule has 1 aliphatic carbocycles. The van der Waals surface area contributed by atoms with Gasteiger partial charge in [0.05, 0.1) is 5.52 Å². The van der Waals surface area contributed by atoms with Gasteiger partial charge in [0.1, 0.15) is 0 Å². The molecule has 10 heteroatoms. The minimum absolute atomic E-state index is 0.297. The van der Waals surface area contributed by atoms with E-state index in [-0.39, 0.29) is 6.54 Å². The maximum absolute atomic E-state index is 14.3. The van der Waals surface area contributed by atoms with Gasteiger partial charge < -0.3 is 0 Å². The monoisotopic (exact) mass is 442 g/mol. The maximum Gasteiger partial charge on any atom is 0.249 e. The van der Waals surface area contributed by atoms with Crippen LogP contribution in [0.5, 0.6) is 0 Å². The molecule has 0 radical (unpaired) electrons. The second-order valence-electron chi connectivity index (χ2n) is 7.12. The largest absolute Gasteiger partial charge is 0.256 e. The molecule has 0 N–H and O–H groups in total. The van der Waals surface area contributed by atoms with Crippen molar-refractivity contribution in [2.75, 3.05) is 0 Å². The van der Waals surface area contributed by atoms with Crippen LogP contribution in [0.2, 0.25) is 0 Å². The summed E-state index contributed by atoms with van der Waals surface area (Å²) in [6, 6.07) is 6.16. The van der Waals surface area contributed by atoms with Crippen LogP contribution >= 0.6 is 0 Å². The summed E-state index contributed by atoms with van der Waals surface area (Å²) in [5, 5.41) is 0.635. The lowest BCUT2D eigenvalue weighted by molar-refractivity contribution is 0.346. The molecular formula is C20H15F5N2O2S. The summed E-state index contributed by atoms with van der Waals surface area (Å²) in [6.07, 6.45) is 2.40. The van der Waals surface area contributed by atoms with Crippen LogP contribution in [0, 0.1) is 36.0 Å². The highest BCUT2D eigenvalue weighted by Gasteiger charge is 2.43. The van der Waals surface area contributed by atoms with Gasteiger partial charge in [0, 0.05) is 24.2 Å². The first-order valence-electron chi connectivity index (χ1n) is 9.01. The molecular weight excluding hydrogens is 427 g/mol. The van der Waals surface area contributed by atoms with Crippen molar-refractivity contribution in [3.8, 4) is 0 Å². The maximum atomic E-state index is 14.3. The summed E-state index contributed by atoms with van der Waals surface area (Å²) in [5.41, 5.74) is 1.97. The quantitative estimate of drug-likeness (QED) is 0.330. The van der Waals surface area contributed by atoms with Crippen molar-refractivity contribution in [1.29, 1.82) is 0 Å². The number of aromatic nitrogens is 1. The first-order valence-corrected chi connectivity index (χ1v) is 10.4. The Balaban J connectivity index is 1.85. The number of benzene rings is 2. The van der Waals surface area contributed by atoms with Gasteiger partial charge in [-0.2, -0.15) is 4.31 Å². The smallest absolute Gasteiger partial charge is 0.249 e. The summed E-state index contributed by atoms with van der Waals surface area (Å²) >= 11 is 0. The molecule has 158 valence electrons. The Morgan fingerprint density at radius 3 is 2.17 bits per heavy atom. The number of hydrogen-bond acceptors (Lipinski definition) is 3. The molecule has 0 spiro atoms. The van der Waals surface area contributed by atoms with Crippen LogP contribution in [0.15, 0.2) is 35.4 Å². The lowest BCUT2D eigenvalue weighted by Crippen LogP contribution is -2.34. The van der Waals surface area contributed by atoms with Crippen molar-refractivity contribution in [2.45, 2.75) is 37.2 Å². The van der Waals surface area contributed by atoms with Crippen LogP contribution in [0.1, 0.15) is 24.0 Å². The average molecular weight is 442 g/mol. The number of nitrogens with zero attached hydrogens (tertiary/aromatic N) is 2. The second kappa shape index (κ2) is 7.28. The van der Waals surface area contributed by atoms with E-state index in [4.69, 9.17) is 0 Å². The van der Waals surface area contributed by atoms with Gasteiger partial charge in [-0.05, 0) is 37.0 Å². The van der Waals surface area contributed by atoms with E-state index in [9.17, 15) is 30.4 Å². The van der Waals surface area contributed by atoms with E-state index < -0.39 is 50.0 Å². The van der Waals surface area contributed by atoms with Gasteiger partial charge in [0.15, 0.2) is 28.2 Å². The molecule has 30 heavy (non-hydrogen) atoms. The fraction of sp³-hybridized carbons (Fsp3) is 0.250. The first kappa shape index (κ1) is 20.7. The molecule has 4 rings (SSSR count). The number of fused-ring (bicyclic) bond motifs is 1. The molecule has 2 aromatic carbocycles. The van der Waals surface area contributed by atoms with Crippen LogP contribution in [-0.4, -0.2) is 23.7 Å². The van der Waals surface area contributed by atoms with Crippen LogP contribution < -0.4 is 0 Å². The molecule has 0 amide bonds. The predicted octanol–water partition coefficient (Wildman–Crippen LogP) is 4.59. The number of aryl methyl sites for hydroxylation is 1. The molecule has 0 aliphatic heterocycles. The van der Waals surface area contributed by atoms with Gasteiger partial charge >= 0.3 is 0 Å². The molecule has 1 aromatic heterocycles. The van der Waals surface area contributed by atoms with Gasteiger partial charge in [-0.15, -0.1) is 0 Å². The Morgan fingerprint density at radius 1 is 0.967 bits per heavy atom. The first-order chi connectivity index (χ1) is 14.1. The number of hydrogen-bond donors (Lipinski definition) is 0. The molecule has 4 nitrogen and oxygen atoms in total. The summed E-state index contributed by atoms with van der Waals surface area (Å²) in [7, 11) is -5.02. The Labute approximate surface area is 169 Å². The van der Waals surface area contributed by atoms with Crippen molar-refractivity contribution in [3.63, 3.8) is 0 Å². The molecule has 0 saturated heterocycles. The fourth-order valence-electron chi connectivity index (χ4n) is 3.38. The highest BCUT2D eigenvalue weighted by Crippen LogP contribution is 2.37. The zero-order valence-corrected chi connectivity index (χ0v) is 16.4. The van der Waals surface area contributed by atoms with Crippen molar-refractivity contribution < 1.29 is 30.4 Å². The minimum atomic E-state index is -5.02. The summed E-state index contributed by atoms with van der Waals surface area (Å²) in [4.78, 5) is 2.43. The third-order valence-electron chi connectivity index (χ3n) is 5.08. The third-order valence-corrected chi connectivity index (χ3v) is 7.00. The molecule has 1 heterocycles. The Hall–Kier alpha value is -2.59. The predicted molar refractivity (Wildman–Crippen MR) is 98.5 cm³/mol. The van der Waals surface area contributed by atoms with Crippen molar-refractivity contribution >= 4 is 20.9 Å². The number of sulfonamides is 1. The van der Waals surface area contributed by atoms with E-state index >= 15 is 0 Å². The van der Waals surface area contributed by atoms with Crippen LogP contribution in [0.4, 0.5) is 22.0 Å². The fourth-order valence-corrected chi connectivity index (χ4v) is 5.16. The topological polar surface area (TPSA) is 50.3 Å². The normalized spacial score (nSPS) is 14.6. The van der Waals surface area contributed by atoms with E-state index in [0.29, 0.717) is 29.3 Å². The van der Waals surface area contributed by atoms with Crippen LogP contribution in [0.3, 0.4) is 0 Å². The Morgan fingerprint density at radius 2 is 1.57 bits per heavy atom. The van der Waals surface area contributed by atoms with E-state index in [1.54, 1.807) is 30.5 Å². The van der Waals surface area contributed by atoms with E-state index in [0.717, 1.165) is 9.87 Å². The third kappa shape index (κ3) is 3.24. The highest BCUT2D eigenvalue weighted by atomic mass is 32.2. The average Bonchev–Trinajstić information content (AvgIpc) is 3.55. The molecule has 3 aromatic rings. The van der Waals surface area contributed by atoms with Gasteiger partial charge in [-0.3, -0.25) is 4.98 Å². The van der Waals surface area contributed by atoms with Gasteiger partial charge in [0.2, 0.25) is 15.8 Å². The number of halogens is 5. The van der Waals surface area contributed by atoms with Crippen LogP contribution in [0.25, 0.3) is 10.9 Å². The second-order valence-corrected chi connectivity index (χ2v) is 8.95. The van der Waals surface area contributed by atoms with Crippen molar-refractivity contribution in [2.24, 2.45) is 0 Å². The molecule has 1 fully saturated rings. The van der Waals surface area contributed by atoms with E-state index in [2.05, 4.69) is 4.98 Å². The minimum Gasteiger partial charge on any atom is -0.256 e. The van der Waals surface area contributed by atoms with E-state index in [1.165, 1.54) is 0 Å². The highest BCUT2D eigenvalue weighted by molar-refractivity contribution is 7.89. The Kier molecular flexibility index (Phi) is 5.01. The van der Waals surface area contributed by atoms with E-state index in [1.807, 2.05) is 6.92 Å². The zero-order valence-electron chi connectivity index (χ0n) is 15.6. The van der Waals surface area contributed by atoms with Crippen LogP contribution in [-0.2, 0) is 16.6 Å². The van der Waals surface area contributed by atoms with Gasteiger partial charge in [-0.25, -0.2) is 30.4 Å². The van der Waals surface area contributed by atoms with Gasteiger partial charge in [0.25, 0.3) is 0 Å². The molecule has 0 unspecified atom stereocenters. The standard InChI is InChI=1S/C20H15F5N2O2S/c1-10-4-5-11(13-3-2-8-26-19(10)13)9-27(12-6-7-12)30(28,29)20-17(24)15(22)14(21)16(23)18(20)25/h2-5,8,12H,6-7,9H2,1H3. The lowest BCUT2D eigenvalue weighted by atomic mass is 10.0. The summed E-state index contributed by atoms with van der Waals surface area (Å²) < 4.78 is 96.1. The molecule has 1 saturated carbocycles. The van der Waals surface area contributed by atoms with Gasteiger partial charge in [-0.1, -0.05) is 18.2 Å². The Bertz CT molecular complexity index is 1250. The molecule has 1 aliphatic rings. The number of rotatable bonds is 5. The van der Waals surface area contributed by atoms with Crippen molar-refractivity contribution in [3.05, 3.63) is 70.7 Å². The van der Waals surface area contributed by atoms with Crippen molar-refractivity contribution in [1.82, 2.24) is 9.29 Å². The SMILES string of the molecule is Cc1ccc(CN(C2CC2)S(=O)(=O)c2c(F)c(F)c(F)c(F)c2F)c2cccnc12. The summed E-state index contributed by atoms with van der Waals surface area (Å²) in [6.45, 7) is 1.53. The molecule has 0 bridgehead atoms. The molecule has 0 atom stereocenters. The lowest BCUT2D eigenvalue weighted by Gasteiger charge is -2.23.